The predicted octanol–water partition coefficient (Wildman–Crippen LogP) is 1.94. The van der Waals surface area contributed by atoms with Gasteiger partial charge in [0.25, 0.3) is 5.91 Å². The van der Waals surface area contributed by atoms with Crippen molar-refractivity contribution in [3.8, 4) is 5.75 Å². The number of rotatable bonds is 2. The van der Waals surface area contributed by atoms with Crippen molar-refractivity contribution in [2.24, 2.45) is 0 Å². The van der Waals surface area contributed by atoms with E-state index in [0.29, 0.717) is 18.7 Å². The molecule has 0 unspecified atom stereocenters. The lowest BCUT2D eigenvalue weighted by molar-refractivity contribution is 0.0766. The van der Waals surface area contributed by atoms with Crippen LogP contribution in [0.2, 0.25) is 0 Å². The summed E-state index contributed by atoms with van der Waals surface area (Å²) in [4.78, 5) is 17.9. The van der Waals surface area contributed by atoms with E-state index in [-0.39, 0.29) is 11.7 Å². The Bertz CT molecular complexity index is 596. The molecule has 0 saturated heterocycles. The number of fused-ring (bicyclic) bond motifs is 1. The van der Waals surface area contributed by atoms with Crippen molar-refractivity contribution in [3.63, 3.8) is 0 Å². The summed E-state index contributed by atoms with van der Waals surface area (Å²) in [6.45, 7) is 1.11. The number of amides is 1. The average molecular weight is 240 g/mol. The highest BCUT2D eigenvalue weighted by Gasteiger charge is 2.27. The van der Waals surface area contributed by atoms with Gasteiger partial charge in [0, 0.05) is 31.0 Å². The molecule has 0 radical (unpaired) electrons. The zero-order chi connectivity index (χ0) is 12.5. The van der Waals surface area contributed by atoms with Crippen molar-refractivity contribution in [1.82, 2.24) is 9.88 Å². The quantitative estimate of drug-likeness (QED) is 0.872. The second-order valence-corrected chi connectivity index (χ2v) is 4.36. The Morgan fingerprint density at radius 1 is 1.22 bits per heavy atom. The van der Waals surface area contributed by atoms with Gasteiger partial charge in [-0.15, -0.1) is 0 Å². The van der Waals surface area contributed by atoms with Crippen LogP contribution in [0.4, 0.5) is 0 Å². The molecule has 3 rings (SSSR count). The normalized spacial score (nSPS) is 13.8. The predicted molar refractivity (Wildman–Crippen MR) is 65.9 cm³/mol. The molecule has 2 heterocycles. The number of carbonyl (C=O) groups is 1. The van der Waals surface area contributed by atoms with Crippen LogP contribution in [-0.4, -0.2) is 20.9 Å². The van der Waals surface area contributed by atoms with Gasteiger partial charge in [-0.3, -0.25) is 9.78 Å². The van der Waals surface area contributed by atoms with Crippen molar-refractivity contribution in [1.29, 1.82) is 0 Å². The lowest BCUT2D eigenvalue weighted by Gasteiger charge is -2.15. The summed E-state index contributed by atoms with van der Waals surface area (Å²) in [5.74, 6) is 0.217. The number of hydrogen-bond donors (Lipinski definition) is 1. The van der Waals surface area contributed by atoms with E-state index in [1.165, 1.54) is 0 Å². The van der Waals surface area contributed by atoms with E-state index < -0.39 is 0 Å². The number of nitrogens with zero attached hydrogens (tertiary/aromatic N) is 2. The minimum absolute atomic E-state index is 0.0156. The number of phenolic OH excluding ortho intramolecular Hbond substituents is 1. The molecule has 4 nitrogen and oxygen atoms in total. The van der Waals surface area contributed by atoms with Crippen LogP contribution in [0.1, 0.15) is 21.5 Å². The van der Waals surface area contributed by atoms with E-state index in [2.05, 4.69) is 4.98 Å². The first-order valence-electron chi connectivity index (χ1n) is 5.74. The first kappa shape index (κ1) is 10.8. The number of aromatic nitrogens is 1. The Labute approximate surface area is 105 Å². The molecule has 1 N–H and O–H groups in total. The molecule has 0 atom stereocenters. The smallest absolute Gasteiger partial charge is 0.254 e. The summed E-state index contributed by atoms with van der Waals surface area (Å²) < 4.78 is 0. The molecule has 1 aromatic heterocycles. The van der Waals surface area contributed by atoms with E-state index in [9.17, 15) is 9.90 Å². The van der Waals surface area contributed by atoms with Crippen molar-refractivity contribution >= 4 is 5.91 Å². The molecular weight excluding hydrogens is 228 g/mol. The maximum atomic E-state index is 12.1. The number of pyridine rings is 1. The topological polar surface area (TPSA) is 53.4 Å². The molecular formula is C14H12N2O2. The number of carbonyl (C=O) groups excluding carboxylic acids is 1. The Morgan fingerprint density at radius 3 is 2.78 bits per heavy atom. The van der Waals surface area contributed by atoms with Gasteiger partial charge >= 0.3 is 0 Å². The molecule has 0 fully saturated rings. The Morgan fingerprint density at radius 2 is 2.00 bits per heavy atom. The third-order valence-electron chi connectivity index (χ3n) is 3.09. The maximum absolute atomic E-state index is 12.1. The fourth-order valence-electron chi connectivity index (χ4n) is 2.20. The summed E-state index contributed by atoms with van der Waals surface area (Å²) in [6.07, 6.45) is 3.43. The van der Waals surface area contributed by atoms with Gasteiger partial charge in [-0.2, -0.15) is 0 Å². The van der Waals surface area contributed by atoms with Crippen LogP contribution in [0, 0.1) is 0 Å². The van der Waals surface area contributed by atoms with Crippen molar-refractivity contribution in [3.05, 3.63) is 59.4 Å². The average Bonchev–Trinajstić information content (AvgIpc) is 2.67. The standard InChI is InChI=1S/C14H12N2O2/c17-12-1-2-13-11(7-12)9-16(14(13)18)8-10-3-5-15-6-4-10/h1-7,17H,8-9H2. The highest BCUT2D eigenvalue weighted by atomic mass is 16.3. The van der Waals surface area contributed by atoms with Crippen molar-refractivity contribution < 1.29 is 9.90 Å². The molecule has 2 aromatic rings. The molecule has 0 spiro atoms. The molecule has 1 aromatic carbocycles. The molecule has 4 heteroatoms. The van der Waals surface area contributed by atoms with Crippen LogP contribution in [0.5, 0.6) is 5.75 Å². The number of phenols is 1. The van der Waals surface area contributed by atoms with Crippen LogP contribution in [0.15, 0.2) is 42.7 Å². The second kappa shape index (κ2) is 4.14. The van der Waals surface area contributed by atoms with Crippen LogP contribution in [0.25, 0.3) is 0 Å². The minimum atomic E-state index is 0.0156. The fourth-order valence-corrected chi connectivity index (χ4v) is 2.20. The van der Waals surface area contributed by atoms with E-state index in [1.807, 2.05) is 12.1 Å². The third-order valence-corrected chi connectivity index (χ3v) is 3.09. The first-order valence-corrected chi connectivity index (χ1v) is 5.74. The van der Waals surface area contributed by atoms with Gasteiger partial charge < -0.3 is 10.0 Å². The minimum Gasteiger partial charge on any atom is -0.508 e. The van der Waals surface area contributed by atoms with Gasteiger partial charge in [0.1, 0.15) is 5.75 Å². The largest absolute Gasteiger partial charge is 0.508 e. The lowest BCUT2D eigenvalue weighted by atomic mass is 10.1. The summed E-state index contributed by atoms with van der Waals surface area (Å²) in [5, 5.41) is 9.42. The van der Waals surface area contributed by atoms with Crippen LogP contribution < -0.4 is 0 Å². The van der Waals surface area contributed by atoms with Crippen LogP contribution in [-0.2, 0) is 13.1 Å². The van der Waals surface area contributed by atoms with Gasteiger partial charge in [-0.25, -0.2) is 0 Å². The summed E-state index contributed by atoms with van der Waals surface area (Å²) in [6, 6.07) is 8.67. The molecule has 1 amide bonds. The first-order chi connectivity index (χ1) is 8.74. The SMILES string of the molecule is O=C1c2ccc(O)cc2CN1Cc1ccncc1. The second-order valence-electron chi connectivity index (χ2n) is 4.36. The highest BCUT2D eigenvalue weighted by molar-refractivity contribution is 5.98. The van der Waals surface area contributed by atoms with E-state index in [0.717, 1.165) is 11.1 Å². The number of aromatic hydroxyl groups is 1. The third kappa shape index (κ3) is 1.82. The Hall–Kier alpha value is -2.36. The maximum Gasteiger partial charge on any atom is 0.254 e. The van der Waals surface area contributed by atoms with Crippen molar-refractivity contribution in [2.45, 2.75) is 13.1 Å². The van der Waals surface area contributed by atoms with Crippen LogP contribution >= 0.6 is 0 Å². The number of hydrogen-bond acceptors (Lipinski definition) is 3. The molecule has 0 bridgehead atoms. The van der Waals surface area contributed by atoms with Gasteiger partial charge in [-0.1, -0.05) is 0 Å². The van der Waals surface area contributed by atoms with Gasteiger partial charge in [-0.05, 0) is 41.5 Å². The van der Waals surface area contributed by atoms with E-state index >= 15 is 0 Å². The molecule has 90 valence electrons. The van der Waals surface area contributed by atoms with Gasteiger partial charge in [0.15, 0.2) is 0 Å². The van der Waals surface area contributed by atoms with E-state index in [1.54, 1.807) is 35.5 Å². The fraction of sp³-hybridized carbons (Fsp3) is 0.143. The summed E-state index contributed by atoms with van der Waals surface area (Å²) in [7, 11) is 0. The lowest BCUT2D eigenvalue weighted by Crippen LogP contribution is -2.23. The zero-order valence-corrected chi connectivity index (χ0v) is 9.71. The molecule has 0 aliphatic carbocycles. The zero-order valence-electron chi connectivity index (χ0n) is 9.71. The number of benzene rings is 1. The monoisotopic (exact) mass is 240 g/mol. The highest BCUT2D eigenvalue weighted by Crippen LogP contribution is 2.27. The van der Waals surface area contributed by atoms with Gasteiger partial charge in [0.2, 0.25) is 0 Å². The van der Waals surface area contributed by atoms with Gasteiger partial charge in [0.05, 0.1) is 0 Å². The van der Waals surface area contributed by atoms with E-state index in [4.69, 9.17) is 0 Å². The summed E-state index contributed by atoms with van der Waals surface area (Å²) in [5.41, 5.74) is 2.62. The summed E-state index contributed by atoms with van der Waals surface area (Å²) >= 11 is 0. The molecule has 18 heavy (non-hydrogen) atoms. The Kier molecular flexibility index (Phi) is 2.48. The molecule has 1 aliphatic rings. The van der Waals surface area contributed by atoms with Crippen molar-refractivity contribution in [2.75, 3.05) is 0 Å². The molecule has 1 aliphatic heterocycles. The molecule has 0 saturated carbocycles. The van der Waals surface area contributed by atoms with Crippen LogP contribution in [0.3, 0.4) is 0 Å². The Balaban J connectivity index is 1.84.